The lowest BCUT2D eigenvalue weighted by molar-refractivity contribution is -0.150. The van der Waals surface area contributed by atoms with Crippen LogP contribution in [-0.2, 0) is 25.8 Å². The Bertz CT molecular complexity index is 1730. The van der Waals surface area contributed by atoms with Gasteiger partial charge in [0, 0.05) is 31.9 Å². The van der Waals surface area contributed by atoms with Crippen LogP contribution in [0.3, 0.4) is 0 Å². The van der Waals surface area contributed by atoms with Gasteiger partial charge in [0.15, 0.2) is 5.76 Å². The monoisotopic (exact) mass is 579 g/mol. The summed E-state index contributed by atoms with van der Waals surface area (Å²) in [5.74, 6) is -1.97. The zero-order valence-corrected chi connectivity index (χ0v) is 22.5. The van der Waals surface area contributed by atoms with Crippen LogP contribution >= 0.6 is 23.5 Å². The molecular weight excluding hydrogens is 558 g/mol. The first-order valence-corrected chi connectivity index (χ1v) is 13.9. The number of para-hydroxylation sites is 1. The molecule has 0 unspecified atom stereocenters. The summed E-state index contributed by atoms with van der Waals surface area (Å²) < 4.78 is 11.3. The fourth-order valence-electron chi connectivity index (χ4n) is 4.75. The second-order valence-electron chi connectivity index (χ2n) is 8.85. The zero-order chi connectivity index (χ0) is 28.0. The van der Waals surface area contributed by atoms with Crippen molar-refractivity contribution in [2.45, 2.75) is 22.9 Å². The summed E-state index contributed by atoms with van der Waals surface area (Å²) in [6.07, 6.45) is 1.38. The van der Waals surface area contributed by atoms with Gasteiger partial charge in [-0.25, -0.2) is 4.79 Å². The molecule has 0 bridgehead atoms. The molecule has 2 aliphatic heterocycles. The SMILES string of the molecule is CO/N=C(\C(=O)N[C@@H]1C(=O)N2C(C(=O)O)=C(Sc3ccc4c(c3)oc3c(CO)cccc34)CS[C@H]12)c1ccco1. The van der Waals surface area contributed by atoms with Crippen molar-refractivity contribution in [2.24, 2.45) is 5.16 Å². The minimum Gasteiger partial charge on any atom is -0.477 e. The van der Waals surface area contributed by atoms with Crippen molar-refractivity contribution >= 4 is 69.0 Å². The van der Waals surface area contributed by atoms with Crippen LogP contribution in [0, 0.1) is 0 Å². The quantitative estimate of drug-likeness (QED) is 0.160. The van der Waals surface area contributed by atoms with Crippen LogP contribution in [0.2, 0.25) is 0 Å². The molecule has 1 fully saturated rings. The topological polar surface area (TPSA) is 155 Å². The molecule has 4 aromatic rings. The van der Waals surface area contributed by atoms with Gasteiger partial charge in [0.2, 0.25) is 5.71 Å². The molecule has 0 saturated carbocycles. The van der Waals surface area contributed by atoms with Crippen molar-refractivity contribution in [3.05, 3.63) is 76.7 Å². The number of nitrogens with one attached hydrogen (secondary N) is 1. The van der Waals surface area contributed by atoms with E-state index in [2.05, 4.69) is 10.5 Å². The molecule has 2 amide bonds. The van der Waals surface area contributed by atoms with Gasteiger partial charge in [-0.15, -0.1) is 11.8 Å². The molecular formula is C27H21N3O8S2. The Morgan fingerprint density at radius 1 is 1.23 bits per heavy atom. The summed E-state index contributed by atoms with van der Waals surface area (Å²) in [5.41, 5.74) is 1.63. The summed E-state index contributed by atoms with van der Waals surface area (Å²) in [7, 11) is 1.28. The molecule has 13 heteroatoms. The second kappa shape index (κ2) is 10.4. The van der Waals surface area contributed by atoms with Crippen molar-refractivity contribution in [2.75, 3.05) is 12.9 Å². The number of β-lactam (4-membered cyclic amide) rings is 1. The number of hydrogen-bond donors (Lipinski definition) is 3. The van der Waals surface area contributed by atoms with Crippen molar-refractivity contribution in [3.63, 3.8) is 0 Å². The molecule has 1 saturated heterocycles. The van der Waals surface area contributed by atoms with Gasteiger partial charge in [0.1, 0.15) is 35.4 Å². The predicted molar refractivity (Wildman–Crippen MR) is 147 cm³/mol. The van der Waals surface area contributed by atoms with E-state index in [0.29, 0.717) is 27.4 Å². The highest BCUT2D eigenvalue weighted by Crippen LogP contribution is 2.46. The van der Waals surface area contributed by atoms with E-state index >= 15 is 0 Å². The van der Waals surface area contributed by atoms with Gasteiger partial charge >= 0.3 is 5.97 Å². The van der Waals surface area contributed by atoms with E-state index in [9.17, 15) is 24.6 Å². The first-order valence-electron chi connectivity index (χ1n) is 12.0. The Hall–Kier alpha value is -4.20. The minimum atomic E-state index is -1.24. The van der Waals surface area contributed by atoms with Crippen molar-refractivity contribution in [1.82, 2.24) is 10.2 Å². The molecule has 204 valence electrons. The summed E-state index contributed by atoms with van der Waals surface area (Å²) in [5, 5.41) is 27.2. The van der Waals surface area contributed by atoms with Gasteiger partial charge in [0.05, 0.1) is 12.9 Å². The van der Waals surface area contributed by atoms with E-state index in [1.807, 2.05) is 30.3 Å². The van der Waals surface area contributed by atoms with Gasteiger partial charge in [0.25, 0.3) is 11.8 Å². The van der Waals surface area contributed by atoms with Gasteiger partial charge in [-0.2, -0.15) is 0 Å². The Balaban J connectivity index is 1.25. The third kappa shape index (κ3) is 4.31. The summed E-state index contributed by atoms with van der Waals surface area (Å²) in [6, 6.07) is 13.3. The van der Waals surface area contributed by atoms with E-state index < -0.39 is 29.2 Å². The highest BCUT2D eigenvalue weighted by atomic mass is 32.2. The van der Waals surface area contributed by atoms with Crippen molar-refractivity contribution < 1.29 is 38.3 Å². The third-order valence-electron chi connectivity index (χ3n) is 6.54. The third-order valence-corrected chi connectivity index (χ3v) is 9.07. The number of hydrogen-bond acceptors (Lipinski definition) is 10. The van der Waals surface area contributed by atoms with Crippen LogP contribution in [-0.4, -0.2) is 62.9 Å². The Kier molecular flexibility index (Phi) is 6.78. The fourth-order valence-corrected chi connectivity index (χ4v) is 7.25. The summed E-state index contributed by atoms with van der Waals surface area (Å²) in [6.45, 7) is -0.152. The van der Waals surface area contributed by atoms with Gasteiger partial charge in [-0.1, -0.05) is 35.1 Å². The fraction of sp³-hybridized carbons (Fsp3) is 0.185. The van der Waals surface area contributed by atoms with E-state index in [4.69, 9.17) is 13.7 Å². The van der Waals surface area contributed by atoms with Gasteiger partial charge < -0.3 is 29.2 Å². The number of thioether (sulfide) groups is 2. The number of carbonyl (C=O) groups excluding carboxylic acids is 2. The number of carboxylic acid groups (broad SMARTS) is 1. The van der Waals surface area contributed by atoms with Crippen LogP contribution < -0.4 is 5.32 Å². The molecule has 2 aliphatic rings. The maximum Gasteiger partial charge on any atom is 0.353 e. The number of aliphatic carboxylic acids is 1. The molecule has 2 aromatic heterocycles. The lowest BCUT2D eigenvalue weighted by atomic mass is 10.0. The lowest BCUT2D eigenvalue weighted by Crippen LogP contribution is -2.71. The molecule has 2 aromatic carbocycles. The molecule has 2 atom stereocenters. The number of aliphatic hydroxyl groups is 1. The second-order valence-corrected chi connectivity index (χ2v) is 11.1. The maximum absolute atomic E-state index is 13.1. The normalized spacial score (nSPS) is 19.1. The lowest BCUT2D eigenvalue weighted by Gasteiger charge is -2.49. The highest BCUT2D eigenvalue weighted by molar-refractivity contribution is 8.06. The standard InChI is InChI=1S/C27H21N3O8S2/c1-36-29-20(17-6-3-9-37-17)24(32)28-21-25(33)30-22(27(34)35)19(12-39-26(21)30)40-14-7-8-15-16-5-2-4-13(11-31)23(16)38-18(15)10-14/h2-10,21,26,31H,11-12H2,1H3,(H,28,32)(H,34,35)/b29-20-/t21-,26-/m1/s1. The van der Waals surface area contributed by atoms with Crippen LogP contribution in [0.5, 0.6) is 0 Å². The van der Waals surface area contributed by atoms with E-state index in [1.54, 1.807) is 12.1 Å². The van der Waals surface area contributed by atoms with Crippen molar-refractivity contribution in [3.8, 4) is 0 Å². The zero-order valence-electron chi connectivity index (χ0n) is 20.8. The average Bonchev–Trinajstić information content (AvgIpc) is 3.62. The molecule has 0 radical (unpaired) electrons. The Morgan fingerprint density at radius 3 is 2.80 bits per heavy atom. The average molecular weight is 580 g/mol. The molecule has 40 heavy (non-hydrogen) atoms. The van der Waals surface area contributed by atoms with Gasteiger partial charge in [-0.05, 0) is 30.3 Å². The summed E-state index contributed by atoms with van der Waals surface area (Å²) in [4.78, 5) is 45.5. The number of fused-ring (bicyclic) bond motifs is 4. The minimum absolute atomic E-state index is 0.117. The smallest absolute Gasteiger partial charge is 0.353 e. The van der Waals surface area contributed by atoms with Crippen LogP contribution in [0.1, 0.15) is 11.3 Å². The predicted octanol–water partition coefficient (Wildman–Crippen LogP) is 3.51. The number of furan rings is 2. The molecule has 3 N–H and O–H groups in total. The van der Waals surface area contributed by atoms with Crippen LogP contribution in [0.4, 0.5) is 0 Å². The van der Waals surface area contributed by atoms with Gasteiger partial charge in [-0.3, -0.25) is 14.5 Å². The first kappa shape index (κ1) is 26.0. The number of carboxylic acids is 1. The van der Waals surface area contributed by atoms with Crippen LogP contribution in [0.25, 0.3) is 21.9 Å². The molecule has 11 nitrogen and oxygen atoms in total. The maximum atomic E-state index is 13.1. The number of nitrogens with zero attached hydrogens (tertiary/aromatic N) is 2. The Labute approximate surface area is 234 Å². The number of carbonyl (C=O) groups is 3. The van der Waals surface area contributed by atoms with Crippen LogP contribution in [0.15, 0.2) is 84.3 Å². The van der Waals surface area contributed by atoms with E-state index in [-0.39, 0.29) is 23.8 Å². The number of aliphatic hydroxyl groups excluding tert-OH is 1. The molecule has 0 spiro atoms. The largest absolute Gasteiger partial charge is 0.477 e. The number of oxime groups is 1. The Morgan fingerprint density at radius 2 is 2.08 bits per heavy atom. The molecule has 0 aliphatic carbocycles. The summed E-state index contributed by atoms with van der Waals surface area (Å²) >= 11 is 2.59. The molecule has 6 rings (SSSR count). The highest BCUT2D eigenvalue weighted by Gasteiger charge is 2.54. The van der Waals surface area contributed by atoms with E-state index in [1.165, 1.54) is 47.9 Å². The number of rotatable bonds is 8. The first-order chi connectivity index (χ1) is 19.4. The number of benzene rings is 2. The van der Waals surface area contributed by atoms with E-state index in [0.717, 1.165) is 15.7 Å². The number of amides is 2. The molecule has 4 heterocycles. The van der Waals surface area contributed by atoms with Crippen molar-refractivity contribution in [1.29, 1.82) is 0 Å².